The molecule has 1 heterocycles. The second kappa shape index (κ2) is 5.26. The zero-order valence-corrected chi connectivity index (χ0v) is 11.7. The molecule has 100 valence electrons. The Hall–Kier alpha value is -2.10. The quantitative estimate of drug-likeness (QED) is 0.857. The van der Waals surface area contributed by atoms with E-state index in [1.165, 1.54) is 0 Å². The number of H-pyrrole nitrogens is 1. The van der Waals surface area contributed by atoms with Gasteiger partial charge in [0, 0.05) is 5.56 Å². The molecule has 1 aromatic heterocycles. The fourth-order valence-electron chi connectivity index (χ4n) is 2.29. The number of hydrogen-bond donors (Lipinski definition) is 1. The standard InChI is InChI=1S/C15H18N2O2/c1-5-19-15-9(2)6-13(10(3)11(15)4)14-12(8-18)7-16-17-14/h6-8H,5H2,1-4H3,(H,16,17). The topological polar surface area (TPSA) is 55.0 Å². The average Bonchev–Trinajstić information content (AvgIpc) is 2.87. The molecule has 0 amide bonds. The van der Waals surface area contributed by atoms with Crippen molar-refractivity contribution in [3.63, 3.8) is 0 Å². The minimum atomic E-state index is 0.575. The summed E-state index contributed by atoms with van der Waals surface area (Å²) in [5, 5.41) is 6.84. The van der Waals surface area contributed by atoms with Gasteiger partial charge in [0.2, 0.25) is 0 Å². The molecule has 0 saturated heterocycles. The number of carbonyl (C=O) groups excluding carboxylic acids is 1. The van der Waals surface area contributed by atoms with Gasteiger partial charge in [0.25, 0.3) is 0 Å². The van der Waals surface area contributed by atoms with Gasteiger partial charge in [0.05, 0.1) is 24.1 Å². The fourth-order valence-corrected chi connectivity index (χ4v) is 2.29. The Balaban J connectivity index is 2.63. The van der Waals surface area contributed by atoms with Crippen LogP contribution in [0.4, 0.5) is 0 Å². The molecule has 0 aliphatic rings. The summed E-state index contributed by atoms with van der Waals surface area (Å²) >= 11 is 0. The molecular weight excluding hydrogens is 240 g/mol. The monoisotopic (exact) mass is 258 g/mol. The summed E-state index contributed by atoms with van der Waals surface area (Å²) in [4.78, 5) is 11.0. The summed E-state index contributed by atoms with van der Waals surface area (Å²) in [6.07, 6.45) is 2.36. The molecule has 0 bridgehead atoms. The summed E-state index contributed by atoms with van der Waals surface area (Å²) in [6.45, 7) is 8.69. The van der Waals surface area contributed by atoms with Gasteiger partial charge < -0.3 is 4.74 Å². The van der Waals surface area contributed by atoms with Gasteiger partial charge in [-0.3, -0.25) is 9.89 Å². The van der Waals surface area contributed by atoms with Crippen molar-refractivity contribution < 1.29 is 9.53 Å². The molecule has 0 unspecified atom stereocenters. The van der Waals surface area contributed by atoms with Crippen LogP contribution in [-0.2, 0) is 0 Å². The van der Waals surface area contributed by atoms with Crippen LogP contribution in [-0.4, -0.2) is 23.1 Å². The van der Waals surface area contributed by atoms with E-state index in [4.69, 9.17) is 4.74 Å². The summed E-state index contributed by atoms with van der Waals surface area (Å²) in [5.74, 6) is 0.927. The first-order valence-electron chi connectivity index (χ1n) is 6.32. The third-order valence-corrected chi connectivity index (χ3v) is 3.38. The van der Waals surface area contributed by atoms with Gasteiger partial charge in [0.1, 0.15) is 5.75 Å². The normalized spacial score (nSPS) is 10.5. The number of nitrogens with zero attached hydrogens (tertiary/aromatic N) is 1. The largest absolute Gasteiger partial charge is 0.493 e. The third-order valence-electron chi connectivity index (χ3n) is 3.38. The van der Waals surface area contributed by atoms with Crippen molar-refractivity contribution >= 4 is 6.29 Å². The number of benzene rings is 1. The van der Waals surface area contributed by atoms with E-state index in [9.17, 15) is 4.79 Å². The van der Waals surface area contributed by atoms with Crippen molar-refractivity contribution in [2.75, 3.05) is 6.61 Å². The number of aromatic amines is 1. The number of rotatable bonds is 4. The Morgan fingerprint density at radius 1 is 1.32 bits per heavy atom. The number of hydrogen-bond acceptors (Lipinski definition) is 3. The maximum atomic E-state index is 11.0. The van der Waals surface area contributed by atoms with Crippen LogP contribution in [0, 0.1) is 20.8 Å². The Morgan fingerprint density at radius 3 is 2.68 bits per heavy atom. The molecule has 0 spiro atoms. The molecule has 0 saturated carbocycles. The Labute approximate surface area is 112 Å². The van der Waals surface area contributed by atoms with Gasteiger partial charge in [0.15, 0.2) is 6.29 Å². The van der Waals surface area contributed by atoms with E-state index in [-0.39, 0.29) is 0 Å². The first-order valence-corrected chi connectivity index (χ1v) is 6.32. The second-order valence-electron chi connectivity index (χ2n) is 4.57. The maximum absolute atomic E-state index is 11.0. The molecular formula is C15H18N2O2. The molecule has 2 aromatic rings. The van der Waals surface area contributed by atoms with Crippen LogP contribution in [0.3, 0.4) is 0 Å². The van der Waals surface area contributed by atoms with Crippen LogP contribution < -0.4 is 4.74 Å². The molecule has 0 radical (unpaired) electrons. The van der Waals surface area contributed by atoms with Gasteiger partial charge in [-0.15, -0.1) is 0 Å². The average molecular weight is 258 g/mol. The van der Waals surface area contributed by atoms with E-state index in [1.54, 1.807) is 6.20 Å². The first-order chi connectivity index (χ1) is 9.10. The van der Waals surface area contributed by atoms with E-state index in [0.29, 0.717) is 12.2 Å². The van der Waals surface area contributed by atoms with Gasteiger partial charge in [-0.1, -0.05) is 0 Å². The van der Waals surface area contributed by atoms with Gasteiger partial charge >= 0.3 is 0 Å². The van der Waals surface area contributed by atoms with Crippen molar-refractivity contribution in [2.24, 2.45) is 0 Å². The summed E-state index contributed by atoms with van der Waals surface area (Å²) in [6, 6.07) is 2.04. The molecule has 2 rings (SSSR count). The first kappa shape index (κ1) is 13.3. The molecule has 0 fully saturated rings. The smallest absolute Gasteiger partial charge is 0.153 e. The van der Waals surface area contributed by atoms with E-state index >= 15 is 0 Å². The van der Waals surface area contributed by atoms with Crippen molar-refractivity contribution in [3.8, 4) is 17.0 Å². The zero-order chi connectivity index (χ0) is 14.0. The SMILES string of the molecule is CCOc1c(C)cc(-c2[nH]ncc2C=O)c(C)c1C. The van der Waals surface area contributed by atoms with E-state index in [1.807, 2.05) is 33.8 Å². The number of nitrogens with one attached hydrogen (secondary N) is 1. The summed E-state index contributed by atoms with van der Waals surface area (Å²) in [5.41, 5.74) is 5.60. The molecule has 1 aromatic carbocycles. The Bertz CT molecular complexity index is 615. The number of aromatic nitrogens is 2. The molecule has 0 aliphatic heterocycles. The number of aldehydes is 1. The van der Waals surface area contributed by atoms with Gasteiger partial charge in [-0.05, 0) is 50.5 Å². The van der Waals surface area contributed by atoms with Gasteiger partial charge in [-0.25, -0.2) is 0 Å². The molecule has 19 heavy (non-hydrogen) atoms. The highest BCUT2D eigenvalue weighted by molar-refractivity contribution is 5.86. The lowest BCUT2D eigenvalue weighted by Gasteiger charge is -2.16. The molecule has 4 nitrogen and oxygen atoms in total. The zero-order valence-electron chi connectivity index (χ0n) is 11.7. The van der Waals surface area contributed by atoms with Crippen LogP contribution in [0.15, 0.2) is 12.3 Å². The number of aryl methyl sites for hydroxylation is 1. The van der Waals surface area contributed by atoms with Crippen LogP contribution >= 0.6 is 0 Å². The molecule has 1 N–H and O–H groups in total. The van der Waals surface area contributed by atoms with E-state index in [0.717, 1.165) is 40.0 Å². The van der Waals surface area contributed by atoms with Crippen molar-refractivity contribution in [1.82, 2.24) is 10.2 Å². The summed E-state index contributed by atoms with van der Waals surface area (Å²) in [7, 11) is 0. The second-order valence-corrected chi connectivity index (χ2v) is 4.57. The summed E-state index contributed by atoms with van der Waals surface area (Å²) < 4.78 is 5.68. The van der Waals surface area contributed by atoms with Gasteiger partial charge in [-0.2, -0.15) is 5.10 Å². The van der Waals surface area contributed by atoms with Crippen molar-refractivity contribution in [1.29, 1.82) is 0 Å². The number of carbonyl (C=O) groups is 1. The Kier molecular flexibility index (Phi) is 3.69. The van der Waals surface area contributed by atoms with Crippen molar-refractivity contribution in [3.05, 3.63) is 34.5 Å². The minimum Gasteiger partial charge on any atom is -0.493 e. The third kappa shape index (κ3) is 2.26. The maximum Gasteiger partial charge on any atom is 0.153 e. The number of ether oxygens (including phenoxy) is 1. The lowest BCUT2D eigenvalue weighted by atomic mass is 9.95. The predicted molar refractivity (Wildman–Crippen MR) is 74.8 cm³/mol. The van der Waals surface area contributed by atoms with E-state index in [2.05, 4.69) is 10.2 Å². The Morgan fingerprint density at radius 2 is 2.05 bits per heavy atom. The highest BCUT2D eigenvalue weighted by Gasteiger charge is 2.15. The van der Waals surface area contributed by atoms with Crippen LogP contribution in [0.2, 0.25) is 0 Å². The minimum absolute atomic E-state index is 0.575. The molecule has 0 aliphatic carbocycles. The van der Waals surface area contributed by atoms with Crippen LogP contribution in [0.5, 0.6) is 5.75 Å². The molecule has 4 heteroatoms. The fraction of sp³-hybridized carbons (Fsp3) is 0.333. The van der Waals surface area contributed by atoms with E-state index < -0.39 is 0 Å². The van der Waals surface area contributed by atoms with Crippen LogP contribution in [0.1, 0.15) is 34.0 Å². The predicted octanol–water partition coefficient (Wildman–Crippen LogP) is 3.21. The highest BCUT2D eigenvalue weighted by Crippen LogP contribution is 2.34. The van der Waals surface area contributed by atoms with Crippen molar-refractivity contribution in [2.45, 2.75) is 27.7 Å². The lowest BCUT2D eigenvalue weighted by Crippen LogP contribution is -2.00. The molecule has 0 atom stereocenters. The highest BCUT2D eigenvalue weighted by atomic mass is 16.5. The lowest BCUT2D eigenvalue weighted by molar-refractivity contribution is 0.112. The van der Waals surface area contributed by atoms with Crippen LogP contribution in [0.25, 0.3) is 11.3 Å².